The van der Waals surface area contributed by atoms with Crippen LogP contribution in [0.25, 0.3) is 0 Å². The predicted octanol–water partition coefficient (Wildman–Crippen LogP) is 4.24. The van der Waals surface area contributed by atoms with Gasteiger partial charge in [-0.05, 0) is 47.7 Å². The summed E-state index contributed by atoms with van der Waals surface area (Å²) in [4.78, 5) is 18.5. The van der Waals surface area contributed by atoms with Gasteiger partial charge in [0.25, 0.3) is 5.69 Å². The van der Waals surface area contributed by atoms with Crippen LogP contribution in [-0.2, 0) is 0 Å². The minimum absolute atomic E-state index is 0.0105. The van der Waals surface area contributed by atoms with Gasteiger partial charge in [0.2, 0.25) is 0 Å². The van der Waals surface area contributed by atoms with E-state index in [9.17, 15) is 10.1 Å². The Morgan fingerprint density at radius 1 is 1.32 bits per heavy atom. The first-order valence-corrected chi connectivity index (χ1v) is 9.11. The van der Waals surface area contributed by atoms with E-state index in [1.54, 1.807) is 23.9 Å². The van der Waals surface area contributed by atoms with Gasteiger partial charge in [-0.2, -0.15) is 0 Å². The topological polar surface area (TPSA) is 68.0 Å². The van der Waals surface area contributed by atoms with Gasteiger partial charge in [-0.3, -0.25) is 15.1 Å². The summed E-state index contributed by atoms with van der Waals surface area (Å²) in [5, 5.41) is 11.7. The molecule has 25 heavy (non-hydrogen) atoms. The molecular weight excluding hydrogens is 362 g/mol. The summed E-state index contributed by atoms with van der Waals surface area (Å²) >= 11 is 7.27. The van der Waals surface area contributed by atoms with Crippen molar-refractivity contribution in [1.82, 2.24) is 0 Å². The standard InChI is InChI=1S/C17H14ClN3O3S/c18-7-8-24-13-5-6-15-16(9-13)25-17-19-14(10-20(15)17)11-1-3-12(4-2-11)21(22)23/h1-6,9,14H,7-8,10H2. The third-order valence-electron chi connectivity index (χ3n) is 4.11. The Hall–Kier alpha value is -2.25. The van der Waals surface area contributed by atoms with Crippen LogP contribution in [0.15, 0.2) is 52.4 Å². The maximum absolute atomic E-state index is 10.8. The lowest BCUT2D eigenvalue weighted by molar-refractivity contribution is -0.384. The number of ether oxygens (including phenoxy) is 1. The summed E-state index contributed by atoms with van der Waals surface area (Å²) < 4.78 is 5.56. The number of hydrogen-bond acceptors (Lipinski definition) is 6. The number of nitro groups is 1. The maximum Gasteiger partial charge on any atom is 0.269 e. The Bertz CT molecular complexity index is 857. The molecule has 2 aliphatic heterocycles. The lowest BCUT2D eigenvalue weighted by Crippen LogP contribution is -2.21. The van der Waals surface area contributed by atoms with Gasteiger partial charge in [-0.15, -0.1) is 11.6 Å². The number of non-ortho nitro benzene ring substituents is 1. The van der Waals surface area contributed by atoms with Gasteiger partial charge in [0.05, 0.1) is 29.1 Å². The van der Waals surface area contributed by atoms with Crippen LogP contribution in [0.1, 0.15) is 11.6 Å². The molecule has 2 aliphatic rings. The van der Waals surface area contributed by atoms with Crippen molar-refractivity contribution in [2.24, 2.45) is 4.99 Å². The van der Waals surface area contributed by atoms with Gasteiger partial charge in [-0.1, -0.05) is 0 Å². The first-order chi connectivity index (χ1) is 12.2. The first kappa shape index (κ1) is 16.2. The normalized spacial score (nSPS) is 17.9. The summed E-state index contributed by atoms with van der Waals surface area (Å²) in [5.74, 6) is 1.26. The van der Waals surface area contributed by atoms with E-state index in [1.165, 1.54) is 12.1 Å². The zero-order valence-corrected chi connectivity index (χ0v) is 14.7. The molecule has 1 unspecified atom stereocenters. The van der Waals surface area contributed by atoms with Crippen molar-refractivity contribution in [2.45, 2.75) is 10.9 Å². The Morgan fingerprint density at radius 3 is 2.84 bits per heavy atom. The van der Waals surface area contributed by atoms with E-state index in [-0.39, 0.29) is 11.7 Å². The molecule has 0 aromatic heterocycles. The molecule has 128 valence electrons. The number of rotatable bonds is 5. The van der Waals surface area contributed by atoms with Crippen LogP contribution in [0.3, 0.4) is 0 Å². The van der Waals surface area contributed by atoms with Crippen molar-refractivity contribution in [1.29, 1.82) is 0 Å². The second-order valence-corrected chi connectivity index (χ2v) is 7.04. The Labute approximate surface area is 153 Å². The van der Waals surface area contributed by atoms with Crippen LogP contribution in [0.4, 0.5) is 11.4 Å². The van der Waals surface area contributed by atoms with Gasteiger partial charge in [-0.25, -0.2) is 0 Å². The molecule has 2 aromatic carbocycles. The Morgan fingerprint density at radius 2 is 2.12 bits per heavy atom. The molecule has 1 atom stereocenters. The molecule has 0 radical (unpaired) electrons. The monoisotopic (exact) mass is 375 g/mol. The molecule has 2 heterocycles. The number of nitrogens with zero attached hydrogens (tertiary/aromatic N) is 3. The van der Waals surface area contributed by atoms with Gasteiger partial charge in [0.15, 0.2) is 5.17 Å². The summed E-state index contributed by atoms with van der Waals surface area (Å²) in [6.45, 7) is 1.22. The van der Waals surface area contributed by atoms with Crippen molar-refractivity contribution < 1.29 is 9.66 Å². The number of alkyl halides is 1. The molecule has 0 saturated carbocycles. The average Bonchev–Trinajstić information content (AvgIpc) is 3.17. The Balaban J connectivity index is 1.52. The van der Waals surface area contributed by atoms with Crippen LogP contribution >= 0.6 is 23.4 Å². The molecule has 2 aromatic rings. The first-order valence-electron chi connectivity index (χ1n) is 7.76. The third kappa shape index (κ3) is 3.05. The highest BCUT2D eigenvalue weighted by atomic mass is 35.5. The van der Waals surface area contributed by atoms with Gasteiger partial charge < -0.3 is 9.64 Å². The van der Waals surface area contributed by atoms with Gasteiger partial charge in [0.1, 0.15) is 12.4 Å². The molecule has 0 saturated heterocycles. The lowest BCUT2D eigenvalue weighted by atomic mass is 10.1. The maximum atomic E-state index is 10.8. The predicted molar refractivity (Wildman–Crippen MR) is 99.1 cm³/mol. The second kappa shape index (κ2) is 6.57. The van der Waals surface area contributed by atoms with Crippen molar-refractivity contribution >= 4 is 39.9 Å². The van der Waals surface area contributed by atoms with E-state index in [4.69, 9.17) is 21.3 Å². The molecule has 0 spiro atoms. The summed E-state index contributed by atoms with van der Waals surface area (Å²) in [6, 6.07) is 12.6. The van der Waals surface area contributed by atoms with E-state index in [0.717, 1.165) is 33.6 Å². The lowest BCUT2D eigenvalue weighted by Gasteiger charge is -2.15. The number of fused-ring (bicyclic) bond motifs is 3. The molecule has 0 bridgehead atoms. The summed E-state index contributed by atoms with van der Waals surface area (Å²) in [6.07, 6.45) is 0. The fraction of sp³-hybridized carbons (Fsp3) is 0.235. The number of anilines is 1. The number of nitro benzene ring substituents is 1. The molecule has 0 fully saturated rings. The van der Waals surface area contributed by atoms with E-state index in [0.29, 0.717) is 12.5 Å². The molecule has 0 N–H and O–H groups in total. The second-order valence-electron chi connectivity index (χ2n) is 5.66. The van der Waals surface area contributed by atoms with Gasteiger partial charge >= 0.3 is 0 Å². The van der Waals surface area contributed by atoms with Crippen LogP contribution in [0.2, 0.25) is 0 Å². The van der Waals surface area contributed by atoms with E-state index in [1.807, 2.05) is 18.2 Å². The number of aliphatic imine (C=N–C) groups is 1. The number of hydrogen-bond donors (Lipinski definition) is 0. The molecule has 6 nitrogen and oxygen atoms in total. The van der Waals surface area contributed by atoms with Crippen molar-refractivity contribution in [3.63, 3.8) is 0 Å². The van der Waals surface area contributed by atoms with Gasteiger partial charge in [0, 0.05) is 17.0 Å². The zero-order chi connectivity index (χ0) is 17.4. The molecule has 4 rings (SSSR count). The molecular formula is C17H14ClN3O3S. The highest BCUT2D eigenvalue weighted by Crippen LogP contribution is 2.46. The van der Waals surface area contributed by atoms with Crippen molar-refractivity contribution in [3.8, 4) is 5.75 Å². The number of thioether (sulfide) groups is 1. The minimum Gasteiger partial charge on any atom is -0.492 e. The number of halogens is 1. The van der Waals surface area contributed by atoms with Crippen LogP contribution in [-0.4, -0.2) is 29.1 Å². The molecule has 0 amide bonds. The summed E-state index contributed by atoms with van der Waals surface area (Å²) in [7, 11) is 0. The number of amidine groups is 1. The van der Waals surface area contributed by atoms with E-state index >= 15 is 0 Å². The minimum atomic E-state index is -0.390. The smallest absolute Gasteiger partial charge is 0.269 e. The zero-order valence-electron chi connectivity index (χ0n) is 13.1. The van der Waals surface area contributed by atoms with Crippen molar-refractivity contribution in [3.05, 3.63) is 58.1 Å². The summed E-state index contributed by atoms with van der Waals surface area (Å²) in [5.41, 5.74) is 2.20. The fourth-order valence-corrected chi connectivity index (χ4v) is 4.11. The van der Waals surface area contributed by atoms with Crippen LogP contribution < -0.4 is 9.64 Å². The van der Waals surface area contributed by atoms with E-state index < -0.39 is 4.92 Å². The van der Waals surface area contributed by atoms with Crippen molar-refractivity contribution in [2.75, 3.05) is 23.9 Å². The van der Waals surface area contributed by atoms with Crippen LogP contribution in [0, 0.1) is 10.1 Å². The highest BCUT2D eigenvalue weighted by Gasteiger charge is 2.35. The SMILES string of the molecule is O=[N+]([O-])c1ccc(C2CN3C(=N2)Sc2cc(OCCCl)ccc23)cc1. The van der Waals surface area contributed by atoms with Crippen LogP contribution in [0.5, 0.6) is 5.75 Å². The third-order valence-corrected chi connectivity index (χ3v) is 5.32. The molecule has 0 aliphatic carbocycles. The average molecular weight is 376 g/mol. The molecule has 8 heteroatoms. The fourth-order valence-electron chi connectivity index (χ4n) is 2.92. The number of benzene rings is 2. The quantitative estimate of drug-likeness (QED) is 0.444. The highest BCUT2D eigenvalue weighted by molar-refractivity contribution is 8.14. The Kier molecular flexibility index (Phi) is 4.27. The largest absolute Gasteiger partial charge is 0.492 e. The van der Waals surface area contributed by atoms with E-state index in [2.05, 4.69) is 4.90 Å².